The topological polar surface area (TPSA) is 78.5 Å². The van der Waals surface area contributed by atoms with Crippen molar-refractivity contribution in [3.05, 3.63) is 0 Å². The molecule has 0 aliphatic heterocycles. The molecule has 0 amide bonds. The van der Waals surface area contributed by atoms with Crippen molar-refractivity contribution in [2.75, 3.05) is 6.61 Å². The molecule has 5 N–H and O–H groups in total. The van der Waals surface area contributed by atoms with Gasteiger partial charge in [0.15, 0.2) is 0 Å². The fourth-order valence-corrected chi connectivity index (χ4v) is 0.345. The van der Waals surface area contributed by atoms with Gasteiger partial charge in [-0.05, 0) is 6.92 Å². The average Bonchev–Trinajstić information content (AvgIpc) is 1.69. The van der Waals surface area contributed by atoms with E-state index in [1.807, 2.05) is 0 Å². The van der Waals surface area contributed by atoms with E-state index in [9.17, 15) is 0 Å². The summed E-state index contributed by atoms with van der Waals surface area (Å²) in [5, 5.41) is 17.1. The molecule has 4 nitrogen and oxygen atoms in total. The lowest BCUT2D eigenvalue weighted by Gasteiger charge is -2.14. The van der Waals surface area contributed by atoms with E-state index < -0.39 is 12.1 Å². The predicted molar refractivity (Wildman–Crippen MR) is 29.9 cm³/mol. The standard InChI is InChI=1S/C4H12N2O2/c1-3(8)4(2-7)6-5/h3-4,6-8H,2,5H2,1H3. The van der Waals surface area contributed by atoms with E-state index in [0.29, 0.717) is 0 Å². The molecule has 0 fully saturated rings. The Kier molecular flexibility index (Phi) is 3.72. The Labute approximate surface area is 48.3 Å². The van der Waals surface area contributed by atoms with Gasteiger partial charge in [-0.15, -0.1) is 0 Å². The Morgan fingerprint density at radius 3 is 2.25 bits per heavy atom. The highest BCUT2D eigenvalue weighted by atomic mass is 16.3. The first-order valence-electron chi connectivity index (χ1n) is 2.47. The van der Waals surface area contributed by atoms with E-state index in [1.165, 1.54) is 0 Å². The van der Waals surface area contributed by atoms with Gasteiger partial charge < -0.3 is 10.2 Å². The van der Waals surface area contributed by atoms with Gasteiger partial charge in [0.2, 0.25) is 0 Å². The first-order chi connectivity index (χ1) is 3.72. The van der Waals surface area contributed by atoms with Crippen LogP contribution in [0.2, 0.25) is 0 Å². The van der Waals surface area contributed by atoms with E-state index in [4.69, 9.17) is 16.1 Å². The maximum absolute atomic E-state index is 8.71. The van der Waals surface area contributed by atoms with Gasteiger partial charge in [0.05, 0.1) is 18.8 Å². The van der Waals surface area contributed by atoms with Crippen LogP contribution in [-0.4, -0.2) is 29.0 Å². The van der Waals surface area contributed by atoms with Gasteiger partial charge in [-0.3, -0.25) is 11.3 Å². The Hall–Kier alpha value is -0.160. The monoisotopic (exact) mass is 120 g/mol. The van der Waals surface area contributed by atoms with Crippen molar-refractivity contribution in [1.82, 2.24) is 5.43 Å². The quantitative estimate of drug-likeness (QED) is 0.261. The van der Waals surface area contributed by atoms with Crippen LogP contribution in [0.15, 0.2) is 0 Å². The van der Waals surface area contributed by atoms with Crippen molar-refractivity contribution in [3.8, 4) is 0 Å². The van der Waals surface area contributed by atoms with Crippen molar-refractivity contribution in [2.45, 2.75) is 19.1 Å². The second kappa shape index (κ2) is 3.80. The fourth-order valence-electron chi connectivity index (χ4n) is 0.345. The van der Waals surface area contributed by atoms with Crippen molar-refractivity contribution in [1.29, 1.82) is 0 Å². The molecule has 0 aliphatic rings. The van der Waals surface area contributed by atoms with Crippen molar-refractivity contribution >= 4 is 0 Å². The van der Waals surface area contributed by atoms with Crippen LogP contribution in [0.4, 0.5) is 0 Å². The summed E-state index contributed by atoms with van der Waals surface area (Å²) < 4.78 is 0. The number of hydrogen-bond acceptors (Lipinski definition) is 4. The molecule has 0 aliphatic carbocycles. The molecule has 8 heavy (non-hydrogen) atoms. The minimum atomic E-state index is -0.606. The third-order valence-electron chi connectivity index (χ3n) is 0.993. The second-order valence-electron chi connectivity index (χ2n) is 1.70. The lowest BCUT2D eigenvalue weighted by atomic mass is 10.2. The van der Waals surface area contributed by atoms with E-state index in [-0.39, 0.29) is 6.61 Å². The van der Waals surface area contributed by atoms with Gasteiger partial charge in [-0.25, -0.2) is 0 Å². The Morgan fingerprint density at radius 1 is 1.75 bits per heavy atom. The van der Waals surface area contributed by atoms with E-state index in [1.54, 1.807) is 6.92 Å². The van der Waals surface area contributed by atoms with Crippen LogP contribution in [0, 0.1) is 0 Å². The van der Waals surface area contributed by atoms with Crippen molar-refractivity contribution in [2.24, 2.45) is 5.84 Å². The largest absolute Gasteiger partial charge is 0.395 e. The summed E-state index contributed by atoms with van der Waals surface area (Å²) in [5.41, 5.74) is 2.25. The van der Waals surface area contributed by atoms with E-state index >= 15 is 0 Å². The zero-order chi connectivity index (χ0) is 6.57. The SMILES string of the molecule is CC(O)C(CO)NN. The molecule has 0 rings (SSSR count). The molecule has 0 spiro atoms. The van der Waals surface area contributed by atoms with E-state index in [2.05, 4.69) is 5.43 Å². The molecule has 50 valence electrons. The third-order valence-corrected chi connectivity index (χ3v) is 0.993. The zero-order valence-electron chi connectivity index (χ0n) is 4.83. The minimum Gasteiger partial charge on any atom is -0.395 e. The summed E-state index contributed by atoms with van der Waals surface area (Å²) in [7, 11) is 0. The molecule has 0 saturated carbocycles. The van der Waals surface area contributed by atoms with Crippen LogP contribution in [-0.2, 0) is 0 Å². The Morgan fingerprint density at radius 2 is 2.25 bits per heavy atom. The number of nitrogens with one attached hydrogen (secondary N) is 1. The number of aliphatic hydroxyl groups is 2. The van der Waals surface area contributed by atoms with Gasteiger partial charge >= 0.3 is 0 Å². The molecular weight excluding hydrogens is 108 g/mol. The van der Waals surface area contributed by atoms with Gasteiger partial charge in [0.25, 0.3) is 0 Å². The predicted octanol–water partition coefficient (Wildman–Crippen LogP) is -1.81. The molecular formula is C4H12N2O2. The molecule has 0 bridgehead atoms. The lowest BCUT2D eigenvalue weighted by molar-refractivity contribution is 0.104. The van der Waals surface area contributed by atoms with Crippen LogP contribution in [0.1, 0.15) is 6.92 Å². The second-order valence-corrected chi connectivity index (χ2v) is 1.70. The fraction of sp³-hybridized carbons (Fsp3) is 1.00. The number of hydrazine groups is 1. The molecule has 2 unspecified atom stereocenters. The summed E-state index contributed by atoms with van der Waals surface area (Å²) in [5.74, 6) is 4.91. The first-order valence-corrected chi connectivity index (χ1v) is 2.47. The van der Waals surface area contributed by atoms with Crippen LogP contribution in [0.5, 0.6) is 0 Å². The number of rotatable bonds is 3. The van der Waals surface area contributed by atoms with Crippen LogP contribution >= 0.6 is 0 Å². The molecule has 0 aromatic carbocycles. The van der Waals surface area contributed by atoms with Crippen LogP contribution in [0.3, 0.4) is 0 Å². The van der Waals surface area contributed by atoms with Gasteiger partial charge in [-0.1, -0.05) is 0 Å². The molecule has 0 radical (unpaired) electrons. The minimum absolute atomic E-state index is 0.145. The van der Waals surface area contributed by atoms with Gasteiger partial charge in [0, 0.05) is 0 Å². The summed E-state index contributed by atoms with van der Waals surface area (Å²) in [6.07, 6.45) is -0.606. The van der Waals surface area contributed by atoms with Crippen molar-refractivity contribution < 1.29 is 10.2 Å². The highest BCUT2D eigenvalue weighted by Gasteiger charge is 2.09. The van der Waals surface area contributed by atoms with Gasteiger partial charge in [-0.2, -0.15) is 0 Å². The summed E-state index contributed by atoms with van der Waals surface area (Å²) >= 11 is 0. The molecule has 0 saturated heterocycles. The molecule has 0 heterocycles. The highest BCUT2D eigenvalue weighted by Crippen LogP contribution is 1.86. The molecule has 0 aromatic rings. The summed E-state index contributed by atoms with van der Waals surface area (Å²) in [6.45, 7) is 1.41. The number of aliphatic hydroxyl groups excluding tert-OH is 2. The normalized spacial score (nSPS) is 18.0. The van der Waals surface area contributed by atoms with E-state index in [0.717, 1.165) is 0 Å². The van der Waals surface area contributed by atoms with Crippen LogP contribution < -0.4 is 11.3 Å². The van der Waals surface area contributed by atoms with Crippen LogP contribution in [0.25, 0.3) is 0 Å². The third kappa shape index (κ3) is 2.23. The lowest BCUT2D eigenvalue weighted by Crippen LogP contribution is -2.45. The number of nitrogens with two attached hydrogens (primary N) is 1. The zero-order valence-corrected chi connectivity index (χ0v) is 4.83. The maximum atomic E-state index is 8.71. The molecule has 4 heteroatoms. The average molecular weight is 120 g/mol. The Balaban J connectivity index is 3.35. The first kappa shape index (κ1) is 7.84. The summed E-state index contributed by atoms with van der Waals surface area (Å²) in [6, 6.07) is -0.407. The molecule has 0 aromatic heterocycles. The van der Waals surface area contributed by atoms with Gasteiger partial charge in [0.1, 0.15) is 0 Å². The Bertz CT molecular complexity index is 54.0. The van der Waals surface area contributed by atoms with Crippen molar-refractivity contribution in [3.63, 3.8) is 0 Å². The highest BCUT2D eigenvalue weighted by molar-refractivity contribution is 4.66. The number of hydrogen-bond donors (Lipinski definition) is 4. The maximum Gasteiger partial charge on any atom is 0.0700 e. The molecule has 2 atom stereocenters. The summed E-state index contributed by atoms with van der Waals surface area (Å²) in [4.78, 5) is 0. The smallest absolute Gasteiger partial charge is 0.0700 e.